The highest BCUT2D eigenvalue weighted by Gasteiger charge is 2.37. The van der Waals surface area contributed by atoms with Crippen LogP contribution in [0, 0.1) is 6.92 Å². The zero-order valence-electron chi connectivity index (χ0n) is 24.4. The lowest BCUT2D eigenvalue weighted by Crippen LogP contribution is -2.50. The van der Waals surface area contributed by atoms with E-state index in [1.54, 1.807) is 35.0 Å². The van der Waals surface area contributed by atoms with Crippen molar-refractivity contribution in [2.75, 3.05) is 39.9 Å². The average molecular weight is 586 g/mol. The topological polar surface area (TPSA) is 64.0 Å². The number of piperazine rings is 1. The van der Waals surface area contributed by atoms with E-state index in [9.17, 15) is 22.8 Å². The fourth-order valence-corrected chi connectivity index (χ4v) is 6.02. The predicted molar refractivity (Wildman–Crippen MR) is 154 cm³/mol. The Hall–Kier alpha value is -3.37. The third-order valence-corrected chi connectivity index (χ3v) is 8.30. The van der Waals surface area contributed by atoms with Gasteiger partial charge in [-0.15, -0.1) is 0 Å². The van der Waals surface area contributed by atoms with Crippen molar-refractivity contribution in [1.82, 2.24) is 14.4 Å². The quantitative estimate of drug-likeness (QED) is 0.203. The van der Waals surface area contributed by atoms with Crippen molar-refractivity contribution in [3.8, 4) is 0 Å². The number of rotatable bonds is 9. The summed E-state index contributed by atoms with van der Waals surface area (Å²) in [4.78, 5) is 28.6. The first-order valence-corrected chi connectivity index (χ1v) is 14.6. The number of alkyl halides is 3. The second-order valence-electron chi connectivity index (χ2n) is 11.4. The molecule has 1 unspecified atom stereocenters. The highest BCUT2D eigenvalue weighted by Crippen LogP contribution is 2.45. The Morgan fingerprint density at radius 3 is 2.45 bits per heavy atom. The van der Waals surface area contributed by atoms with Gasteiger partial charge in [-0.2, -0.15) is 13.2 Å². The summed E-state index contributed by atoms with van der Waals surface area (Å²) < 4.78 is 52.0. The predicted octanol–water partition coefficient (Wildman–Crippen LogP) is 6.82. The van der Waals surface area contributed by atoms with Gasteiger partial charge in [0.1, 0.15) is 0 Å². The number of carbonyl (C=O) groups is 2. The van der Waals surface area contributed by atoms with E-state index in [0.717, 1.165) is 53.3 Å². The fourth-order valence-electron chi connectivity index (χ4n) is 6.02. The maximum absolute atomic E-state index is 13.4. The van der Waals surface area contributed by atoms with Gasteiger partial charge in [0.15, 0.2) is 0 Å². The number of ether oxygens (including phenoxy) is 2. The van der Waals surface area contributed by atoms with Crippen molar-refractivity contribution in [1.29, 1.82) is 0 Å². The minimum atomic E-state index is -4.29. The minimum Gasteiger partial charge on any atom is -0.465 e. The van der Waals surface area contributed by atoms with Crippen LogP contribution < -0.4 is 0 Å². The molecular weight excluding hydrogens is 547 g/mol. The lowest BCUT2D eigenvalue weighted by molar-refractivity contribution is -0.152. The molecule has 3 aromatic rings. The lowest BCUT2D eigenvalue weighted by atomic mass is 9.94. The molecule has 2 fully saturated rings. The number of hydrogen-bond acceptors (Lipinski definition) is 6. The number of benzene rings is 2. The molecular formula is C32H38F3N3O4. The highest BCUT2D eigenvalue weighted by molar-refractivity contribution is 5.94. The monoisotopic (exact) mass is 585 g/mol. The van der Waals surface area contributed by atoms with E-state index < -0.39 is 24.8 Å². The standard InChI is InChI=1S/C32H38F3N3O4/c1-4-5-16-42-31(40)38-13-12-25-27(26(22-6-7-22)17-21(2)29(25)38)18-37-15-14-36(20-32(33,34)35)19-28(37)23-8-10-24(11-9-23)30(39)41-3/h8-13,17,22,28H,4-7,14-16,18-20H2,1-3H3. The van der Waals surface area contributed by atoms with E-state index >= 15 is 0 Å². The Morgan fingerprint density at radius 1 is 1.07 bits per heavy atom. The van der Waals surface area contributed by atoms with Gasteiger partial charge in [-0.25, -0.2) is 9.59 Å². The first-order chi connectivity index (χ1) is 20.1. The van der Waals surface area contributed by atoms with Crippen LogP contribution in [0.5, 0.6) is 0 Å². The molecule has 0 bridgehead atoms. The van der Waals surface area contributed by atoms with Crippen molar-refractivity contribution in [3.05, 3.63) is 70.4 Å². The molecule has 2 heterocycles. The van der Waals surface area contributed by atoms with Crippen LogP contribution in [0.4, 0.5) is 18.0 Å². The van der Waals surface area contributed by atoms with Gasteiger partial charge in [0.05, 0.1) is 31.3 Å². The first-order valence-electron chi connectivity index (χ1n) is 14.6. The number of carbonyl (C=O) groups excluding carboxylic acids is 2. The largest absolute Gasteiger partial charge is 0.465 e. The van der Waals surface area contributed by atoms with Crippen LogP contribution in [-0.2, 0) is 16.0 Å². The normalized spacial score (nSPS) is 18.4. The average Bonchev–Trinajstić information content (AvgIpc) is 3.71. The summed E-state index contributed by atoms with van der Waals surface area (Å²) in [5, 5.41) is 0.974. The molecule has 226 valence electrons. The smallest absolute Gasteiger partial charge is 0.418 e. The molecule has 2 aromatic carbocycles. The maximum Gasteiger partial charge on any atom is 0.418 e. The minimum absolute atomic E-state index is 0.204. The van der Waals surface area contributed by atoms with Crippen LogP contribution in [0.3, 0.4) is 0 Å². The van der Waals surface area contributed by atoms with Crippen molar-refractivity contribution in [2.45, 2.75) is 64.2 Å². The molecule has 1 saturated carbocycles. The molecule has 2 aliphatic rings. The van der Waals surface area contributed by atoms with Crippen LogP contribution in [0.1, 0.15) is 77.2 Å². The van der Waals surface area contributed by atoms with Gasteiger partial charge in [-0.05, 0) is 72.6 Å². The molecule has 1 atom stereocenters. The Bertz CT molecular complexity index is 1430. The van der Waals surface area contributed by atoms with E-state index in [2.05, 4.69) is 11.0 Å². The third-order valence-electron chi connectivity index (χ3n) is 8.30. The van der Waals surface area contributed by atoms with Gasteiger partial charge >= 0.3 is 18.2 Å². The number of methoxy groups -OCH3 is 1. The molecule has 0 spiro atoms. The zero-order valence-corrected chi connectivity index (χ0v) is 24.4. The second-order valence-corrected chi connectivity index (χ2v) is 11.4. The van der Waals surface area contributed by atoms with Crippen LogP contribution >= 0.6 is 0 Å². The number of halogens is 3. The van der Waals surface area contributed by atoms with Crippen molar-refractivity contribution >= 4 is 23.0 Å². The van der Waals surface area contributed by atoms with Gasteiger partial charge < -0.3 is 9.47 Å². The Kier molecular flexibility index (Phi) is 8.94. The number of esters is 1. The van der Waals surface area contributed by atoms with Gasteiger partial charge in [-0.1, -0.05) is 31.5 Å². The first kappa shape index (κ1) is 30.1. The molecule has 1 aromatic heterocycles. The lowest BCUT2D eigenvalue weighted by Gasteiger charge is -2.42. The number of aryl methyl sites for hydroxylation is 1. The number of aromatic nitrogens is 1. The fraction of sp³-hybridized carbons (Fsp3) is 0.500. The molecule has 42 heavy (non-hydrogen) atoms. The van der Waals surface area contributed by atoms with Crippen LogP contribution in [0.25, 0.3) is 10.9 Å². The van der Waals surface area contributed by atoms with Crippen LogP contribution in [0.2, 0.25) is 0 Å². The van der Waals surface area contributed by atoms with Gasteiger partial charge in [0, 0.05) is 43.8 Å². The molecule has 7 nitrogen and oxygen atoms in total. The molecule has 1 aliphatic heterocycles. The van der Waals surface area contributed by atoms with Crippen LogP contribution in [-0.4, -0.2) is 72.5 Å². The Morgan fingerprint density at radius 2 is 1.81 bits per heavy atom. The summed E-state index contributed by atoms with van der Waals surface area (Å²) in [5.41, 5.74) is 5.39. The molecule has 0 radical (unpaired) electrons. The number of fused-ring (bicyclic) bond motifs is 1. The Labute approximate surface area is 244 Å². The third kappa shape index (κ3) is 6.65. The summed E-state index contributed by atoms with van der Waals surface area (Å²) in [7, 11) is 1.31. The van der Waals surface area contributed by atoms with Gasteiger partial charge in [-0.3, -0.25) is 14.4 Å². The summed E-state index contributed by atoms with van der Waals surface area (Å²) >= 11 is 0. The van der Waals surface area contributed by atoms with Crippen molar-refractivity contribution < 1.29 is 32.2 Å². The Balaban J connectivity index is 1.50. The number of hydrogen-bond donors (Lipinski definition) is 0. The molecule has 1 saturated heterocycles. The summed E-state index contributed by atoms with van der Waals surface area (Å²) in [5.74, 6) is -0.0260. The van der Waals surface area contributed by atoms with E-state index in [4.69, 9.17) is 9.47 Å². The number of nitrogens with zero attached hydrogens (tertiary/aromatic N) is 3. The van der Waals surface area contributed by atoms with Gasteiger partial charge in [0.25, 0.3) is 0 Å². The molecule has 0 N–H and O–H groups in total. The number of unbranched alkanes of at least 4 members (excludes halogenated alkanes) is 1. The summed E-state index contributed by atoms with van der Waals surface area (Å²) in [6, 6.07) is 10.7. The highest BCUT2D eigenvalue weighted by atomic mass is 19.4. The molecule has 0 amide bonds. The SMILES string of the molecule is CCCCOC(=O)n1ccc2c(CN3CCN(CC(F)(F)F)CC3c3ccc(C(=O)OC)cc3)c(C3CC3)cc(C)c21. The zero-order chi connectivity index (χ0) is 30.0. The molecule has 10 heteroatoms. The van der Waals surface area contributed by atoms with E-state index in [1.807, 2.05) is 19.9 Å². The maximum atomic E-state index is 13.4. The molecule has 5 rings (SSSR count). The molecule has 1 aliphatic carbocycles. The summed E-state index contributed by atoms with van der Waals surface area (Å²) in [6.45, 7) is 4.90. The van der Waals surface area contributed by atoms with Gasteiger partial charge in [0.2, 0.25) is 0 Å². The van der Waals surface area contributed by atoms with Crippen LogP contribution in [0.15, 0.2) is 42.6 Å². The summed E-state index contributed by atoms with van der Waals surface area (Å²) in [6.07, 6.45) is 0.968. The second kappa shape index (κ2) is 12.5. The van der Waals surface area contributed by atoms with E-state index in [1.165, 1.54) is 17.6 Å². The van der Waals surface area contributed by atoms with Crippen molar-refractivity contribution in [2.24, 2.45) is 0 Å². The van der Waals surface area contributed by atoms with E-state index in [-0.39, 0.29) is 19.1 Å². The van der Waals surface area contributed by atoms with Crippen molar-refractivity contribution in [3.63, 3.8) is 0 Å². The van der Waals surface area contributed by atoms with E-state index in [0.29, 0.717) is 31.2 Å².